The van der Waals surface area contributed by atoms with Crippen LogP contribution in [0.3, 0.4) is 0 Å². The first-order chi connectivity index (χ1) is 15.0. The number of ether oxygens (including phenoxy) is 1. The average Bonchev–Trinajstić information content (AvgIpc) is 3.24. The molecule has 0 radical (unpaired) electrons. The van der Waals surface area contributed by atoms with Gasteiger partial charge in [0, 0.05) is 32.1 Å². The molecule has 2 aliphatic heterocycles. The fourth-order valence-electron chi connectivity index (χ4n) is 4.79. The smallest absolute Gasteiger partial charge is 0.407 e. The van der Waals surface area contributed by atoms with Crippen LogP contribution in [0.25, 0.3) is 5.57 Å². The standard InChI is InChI=1S/C24H32N2O5/c27-21-11-14-26(15-21)23(28)20-3-1-18(2-4-20)19-5-7-22(8-6-19)31-16-17-9-12-25(13-10-17)24(29)30/h1,5-8,17,20-21,27H,2-4,9-16H2,(H,29,30)/t20?,21-/m1/s1. The van der Waals surface area contributed by atoms with Crippen molar-refractivity contribution >= 4 is 17.6 Å². The normalized spacial score (nSPS) is 24.7. The number of hydrogen-bond donors (Lipinski definition) is 2. The minimum atomic E-state index is -0.836. The zero-order chi connectivity index (χ0) is 21.8. The van der Waals surface area contributed by atoms with Crippen molar-refractivity contribution in [3.63, 3.8) is 0 Å². The largest absolute Gasteiger partial charge is 0.493 e. The van der Waals surface area contributed by atoms with Crippen LogP contribution in [0.1, 0.15) is 44.1 Å². The van der Waals surface area contributed by atoms with Crippen molar-refractivity contribution in [3.05, 3.63) is 35.9 Å². The van der Waals surface area contributed by atoms with E-state index >= 15 is 0 Å². The fraction of sp³-hybridized carbons (Fsp3) is 0.583. The molecule has 31 heavy (non-hydrogen) atoms. The van der Waals surface area contributed by atoms with Crippen LogP contribution in [0.2, 0.25) is 0 Å². The van der Waals surface area contributed by atoms with Gasteiger partial charge in [0.1, 0.15) is 5.75 Å². The molecule has 3 aliphatic rings. The zero-order valence-electron chi connectivity index (χ0n) is 17.9. The molecule has 2 N–H and O–H groups in total. The van der Waals surface area contributed by atoms with E-state index in [1.165, 1.54) is 16.0 Å². The molecule has 2 fully saturated rings. The summed E-state index contributed by atoms with van der Waals surface area (Å²) in [5, 5.41) is 18.7. The minimum absolute atomic E-state index is 0.0317. The molecule has 0 bridgehead atoms. The Labute approximate surface area is 183 Å². The molecule has 2 amide bonds. The monoisotopic (exact) mass is 428 g/mol. The van der Waals surface area contributed by atoms with Crippen LogP contribution in [-0.4, -0.2) is 70.9 Å². The molecule has 1 unspecified atom stereocenters. The van der Waals surface area contributed by atoms with Crippen LogP contribution in [-0.2, 0) is 4.79 Å². The number of aliphatic hydroxyl groups is 1. The molecule has 0 aromatic heterocycles. The van der Waals surface area contributed by atoms with Gasteiger partial charge in [-0.25, -0.2) is 4.79 Å². The summed E-state index contributed by atoms with van der Waals surface area (Å²) in [5.41, 5.74) is 2.45. The van der Waals surface area contributed by atoms with Crippen molar-refractivity contribution in [3.8, 4) is 5.75 Å². The van der Waals surface area contributed by atoms with Gasteiger partial charge < -0.3 is 24.7 Å². The van der Waals surface area contributed by atoms with Gasteiger partial charge in [0.15, 0.2) is 0 Å². The van der Waals surface area contributed by atoms with E-state index in [9.17, 15) is 14.7 Å². The lowest BCUT2D eigenvalue weighted by Gasteiger charge is -2.29. The summed E-state index contributed by atoms with van der Waals surface area (Å²) in [6.45, 7) is 2.93. The number of carboxylic acid groups (broad SMARTS) is 1. The minimum Gasteiger partial charge on any atom is -0.493 e. The summed E-state index contributed by atoms with van der Waals surface area (Å²) in [6, 6.07) is 8.14. The van der Waals surface area contributed by atoms with Crippen molar-refractivity contribution in [1.82, 2.24) is 9.80 Å². The van der Waals surface area contributed by atoms with Gasteiger partial charge in [-0.3, -0.25) is 4.79 Å². The average molecular weight is 429 g/mol. The SMILES string of the molecule is O=C(O)N1CCC(COc2ccc(C3=CCC(C(=O)N4CC[C@@H](O)C4)CC3)cc2)CC1. The number of carbonyl (C=O) groups excluding carboxylic acids is 1. The summed E-state index contributed by atoms with van der Waals surface area (Å²) in [4.78, 5) is 26.9. The molecule has 0 saturated carbocycles. The van der Waals surface area contributed by atoms with Gasteiger partial charge in [-0.15, -0.1) is 0 Å². The lowest BCUT2D eigenvalue weighted by molar-refractivity contribution is -0.135. The molecular weight excluding hydrogens is 396 g/mol. The fourth-order valence-corrected chi connectivity index (χ4v) is 4.79. The molecule has 1 aromatic carbocycles. The van der Waals surface area contributed by atoms with Gasteiger partial charge >= 0.3 is 6.09 Å². The molecule has 168 valence electrons. The first-order valence-corrected chi connectivity index (χ1v) is 11.4. The Morgan fingerprint density at radius 2 is 1.71 bits per heavy atom. The topological polar surface area (TPSA) is 90.3 Å². The maximum atomic E-state index is 12.6. The lowest BCUT2D eigenvalue weighted by Crippen LogP contribution is -2.38. The Morgan fingerprint density at radius 1 is 1.00 bits per heavy atom. The van der Waals surface area contributed by atoms with Crippen molar-refractivity contribution in [2.75, 3.05) is 32.8 Å². The third-order valence-electron chi connectivity index (χ3n) is 6.83. The zero-order valence-corrected chi connectivity index (χ0v) is 17.9. The molecule has 7 heteroatoms. The Bertz CT molecular complexity index is 814. The van der Waals surface area contributed by atoms with Crippen molar-refractivity contribution < 1.29 is 24.5 Å². The van der Waals surface area contributed by atoms with E-state index in [1.54, 1.807) is 0 Å². The summed E-state index contributed by atoms with van der Waals surface area (Å²) in [5.74, 6) is 1.44. The first-order valence-electron chi connectivity index (χ1n) is 11.4. The number of rotatable bonds is 5. The number of amides is 2. The molecule has 2 heterocycles. The number of likely N-dealkylation sites (tertiary alicyclic amines) is 2. The van der Waals surface area contributed by atoms with Gasteiger partial charge in [-0.05, 0) is 67.7 Å². The number of piperidine rings is 1. The molecule has 2 atom stereocenters. The summed E-state index contributed by atoms with van der Waals surface area (Å²) in [7, 11) is 0. The number of nitrogens with zero attached hydrogens (tertiary/aromatic N) is 2. The van der Waals surface area contributed by atoms with Gasteiger partial charge in [-0.2, -0.15) is 0 Å². The van der Waals surface area contributed by atoms with E-state index in [1.807, 2.05) is 17.0 Å². The van der Waals surface area contributed by atoms with Crippen LogP contribution >= 0.6 is 0 Å². The molecule has 4 rings (SSSR count). The van der Waals surface area contributed by atoms with E-state index in [2.05, 4.69) is 18.2 Å². The van der Waals surface area contributed by atoms with Gasteiger partial charge in [-0.1, -0.05) is 18.2 Å². The quantitative estimate of drug-likeness (QED) is 0.752. The maximum absolute atomic E-state index is 12.6. The molecule has 7 nitrogen and oxygen atoms in total. The van der Waals surface area contributed by atoms with E-state index in [0.717, 1.165) is 37.9 Å². The molecule has 0 spiro atoms. The summed E-state index contributed by atoms with van der Waals surface area (Å²) < 4.78 is 5.94. The maximum Gasteiger partial charge on any atom is 0.407 e. The number of aliphatic hydroxyl groups excluding tert-OH is 1. The van der Waals surface area contributed by atoms with Gasteiger partial charge in [0.2, 0.25) is 5.91 Å². The Hall–Kier alpha value is -2.54. The van der Waals surface area contributed by atoms with Crippen LogP contribution < -0.4 is 4.74 Å². The first kappa shape index (κ1) is 21.7. The predicted octanol–water partition coefficient (Wildman–Crippen LogP) is 3.23. The Kier molecular flexibility index (Phi) is 6.80. The van der Waals surface area contributed by atoms with Crippen molar-refractivity contribution in [2.45, 2.75) is 44.6 Å². The van der Waals surface area contributed by atoms with E-state index in [4.69, 9.17) is 9.84 Å². The van der Waals surface area contributed by atoms with Crippen molar-refractivity contribution in [1.29, 1.82) is 0 Å². The van der Waals surface area contributed by atoms with E-state index in [-0.39, 0.29) is 17.9 Å². The molecule has 2 saturated heterocycles. The number of carbonyl (C=O) groups is 2. The highest BCUT2D eigenvalue weighted by Crippen LogP contribution is 2.32. The van der Waals surface area contributed by atoms with Gasteiger partial charge in [0.05, 0.1) is 12.7 Å². The third-order valence-corrected chi connectivity index (χ3v) is 6.83. The number of hydrogen-bond acceptors (Lipinski definition) is 4. The Balaban J connectivity index is 1.24. The van der Waals surface area contributed by atoms with Crippen LogP contribution in [0.4, 0.5) is 4.79 Å². The van der Waals surface area contributed by atoms with E-state index < -0.39 is 6.09 Å². The highest BCUT2D eigenvalue weighted by molar-refractivity contribution is 5.81. The highest BCUT2D eigenvalue weighted by Gasteiger charge is 2.31. The molecular formula is C24H32N2O5. The Morgan fingerprint density at radius 3 is 2.29 bits per heavy atom. The second-order valence-electron chi connectivity index (χ2n) is 8.98. The van der Waals surface area contributed by atoms with Gasteiger partial charge in [0.25, 0.3) is 0 Å². The van der Waals surface area contributed by atoms with Crippen LogP contribution in [0.5, 0.6) is 5.75 Å². The van der Waals surface area contributed by atoms with Crippen molar-refractivity contribution in [2.24, 2.45) is 11.8 Å². The second kappa shape index (κ2) is 9.73. The summed E-state index contributed by atoms with van der Waals surface area (Å²) in [6.07, 6.45) is 5.85. The highest BCUT2D eigenvalue weighted by atomic mass is 16.5. The number of allylic oxidation sites excluding steroid dienone is 2. The second-order valence-corrected chi connectivity index (χ2v) is 8.98. The molecule has 1 aromatic rings. The third kappa shape index (κ3) is 5.39. The molecule has 1 aliphatic carbocycles. The number of β-amino-alcohol motifs (C(OH)–C–C–N with tert-alkyl or cyclic N) is 1. The summed E-state index contributed by atoms with van der Waals surface area (Å²) >= 11 is 0. The van der Waals surface area contributed by atoms with Crippen LogP contribution in [0.15, 0.2) is 30.3 Å². The number of benzene rings is 1. The van der Waals surface area contributed by atoms with Crippen LogP contribution in [0, 0.1) is 11.8 Å². The predicted molar refractivity (Wildman–Crippen MR) is 117 cm³/mol. The lowest BCUT2D eigenvalue weighted by atomic mass is 9.86. The van der Waals surface area contributed by atoms with E-state index in [0.29, 0.717) is 45.1 Å².